The van der Waals surface area contributed by atoms with Gasteiger partial charge in [-0.25, -0.2) is 13.6 Å². The highest BCUT2D eigenvalue weighted by atomic mass is 32.2. The topological polar surface area (TPSA) is 72.2 Å². The maximum absolute atomic E-state index is 11.3. The van der Waals surface area contributed by atoms with Crippen LogP contribution >= 0.6 is 0 Å². The molecule has 0 aliphatic rings. The Morgan fingerprint density at radius 1 is 1.26 bits per heavy atom. The molecular formula is C14H24N2O2S. The molecule has 0 heterocycles. The van der Waals surface area contributed by atoms with Gasteiger partial charge in [-0.15, -0.1) is 0 Å². The summed E-state index contributed by atoms with van der Waals surface area (Å²) in [6.45, 7) is 5.16. The van der Waals surface area contributed by atoms with Gasteiger partial charge in [-0.05, 0) is 37.6 Å². The van der Waals surface area contributed by atoms with Crippen LogP contribution in [0.4, 0.5) is 0 Å². The van der Waals surface area contributed by atoms with Crippen molar-refractivity contribution in [2.24, 2.45) is 5.14 Å². The van der Waals surface area contributed by atoms with E-state index < -0.39 is 10.0 Å². The van der Waals surface area contributed by atoms with E-state index in [0.717, 1.165) is 18.5 Å². The Kier molecular flexibility index (Phi) is 6.48. The second-order valence-electron chi connectivity index (χ2n) is 4.85. The number of primary sulfonamides is 1. The van der Waals surface area contributed by atoms with Gasteiger partial charge in [-0.1, -0.05) is 38.3 Å². The Bertz CT molecular complexity index is 486. The molecule has 1 aromatic rings. The predicted octanol–water partition coefficient (Wildman–Crippen LogP) is 2.56. The van der Waals surface area contributed by atoms with E-state index in [4.69, 9.17) is 5.14 Å². The summed E-state index contributed by atoms with van der Waals surface area (Å²) in [5.41, 5.74) is 0.946. The summed E-state index contributed by atoms with van der Waals surface area (Å²) in [6.07, 6.45) is 4.86. The van der Waals surface area contributed by atoms with E-state index in [9.17, 15) is 8.42 Å². The quantitative estimate of drug-likeness (QED) is 0.721. The highest BCUT2D eigenvalue weighted by Gasteiger charge is 2.10. The van der Waals surface area contributed by atoms with Crippen molar-refractivity contribution in [1.29, 1.82) is 0 Å². The van der Waals surface area contributed by atoms with Crippen LogP contribution in [0.3, 0.4) is 0 Å². The van der Waals surface area contributed by atoms with Crippen molar-refractivity contribution < 1.29 is 8.42 Å². The first-order valence-electron chi connectivity index (χ1n) is 6.81. The molecule has 3 N–H and O–H groups in total. The zero-order chi connectivity index (χ0) is 14.3. The minimum atomic E-state index is -3.62. The van der Waals surface area contributed by atoms with E-state index in [1.54, 1.807) is 12.1 Å². The van der Waals surface area contributed by atoms with E-state index in [0.29, 0.717) is 0 Å². The molecule has 0 radical (unpaired) electrons. The van der Waals surface area contributed by atoms with E-state index >= 15 is 0 Å². The molecular weight excluding hydrogens is 260 g/mol. The highest BCUT2D eigenvalue weighted by Crippen LogP contribution is 2.16. The summed E-state index contributed by atoms with van der Waals surface area (Å²) in [5, 5.41) is 8.53. The lowest BCUT2D eigenvalue weighted by molar-refractivity contribution is 0.535. The molecule has 1 aromatic carbocycles. The van der Waals surface area contributed by atoms with Crippen LogP contribution in [0.15, 0.2) is 29.2 Å². The lowest BCUT2D eigenvalue weighted by Gasteiger charge is -2.15. The average molecular weight is 284 g/mol. The van der Waals surface area contributed by atoms with Crippen molar-refractivity contribution in [1.82, 2.24) is 5.32 Å². The molecule has 0 aliphatic heterocycles. The van der Waals surface area contributed by atoms with Gasteiger partial charge in [0.05, 0.1) is 4.90 Å². The molecule has 0 bridgehead atoms. The number of hydrogen-bond acceptors (Lipinski definition) is 3. The Balaban J connectivity index is 2.55. The molecule has 19 heavy (non-hydrogen) atoms. The van der Waals surface area contributed by atoms with Gasteiger partial charge in [0, 0.05) is 6.04 Å². The van der Waals surface area contributed by atoms with Crippen LogP contribution in [0.5, 0.6) is 0 Å². The number of rotatable bonds is 8. The number of unbranched alkanes of at least 4 members (excludes halogenated alkanes) is 3. The lowest BCUT2D eigenvalue weighted by Crippen LogP contribution is -2.20. The fourth-order valence-corrected chi connectivity index (χ4v) is 2.52. The van der Waals surface area contributed by atoms with Crippen LogP contribution in [0, 0.1) is 0 Å². The standard InChI is InChI=1S/C14H24N2O2S/c1-3-4-5-6-10-16-12(2)13-8-7-9-14(11-13)19(15,17)18/h7-9,11-12,16H,3-6,10H2,1-2H3,(H2,15,17,18). The van der Waals surface area contributed by atoms with Gasteiger partial charge in [0.1, 0.15) is 0 Å². The zero-order valence-corrected chi connectivity index (χ0v) is 12.5. The maximum atomic E-state index is 11.3. The van der Waals surface area contributed by atoms with Gasteiger partial charge in [-0.3, -0.25) is 0 Å². The molecule has 0 amide bonds. The molecule has 0 spiro atoms. The Labute approximate surface area is 116 Å². The molecule has 0 saturated carbocycles. The van der Waals surface area contributed by atoms with Gasteiger partial charge in [0.15, 0.2) is 0 Å². The Morgan fingerprint density at radius 2 is 2.00 bits per heavy atom. The first kappa shape index (κ1) is 16.1. The second-order valence-corrected chi connectivity index (χ2v) is 6.42. The number of nitrogens with two attached hydrogens (primary N) is 1. The van der Waals surface area contributed by atoms with Crippen LogP contribution in [0.2, 0.25) is 0 Å². The SMILES string of the molecule is CCCCCCNC(C)c1cccc(S(N)(=O)=O)c1. The van der Waals surface area contributed by atoms with E-state index in [1.165, 1.54) is 25.3 Å². The van der Waals surface area contributed by atoms with Gasteiger partial charge in [0.2, 0.25) is 10.0 Å². The minimum Gasteiger partial charge on any atom is -0.310 e. The molecule has 1 rings (SSSR count). The third-order valence-corrected chi connectivity index (χ3v) is 4.08. The molecule has 108 valence electrons. The summed E-state index contributed by atoms with van der Waals surface area (Å²) in [4.78, 5) is 0.171. The molecule has 0 aliphatic carbocycles. The van der Waals surface area contributed by atoms with Crippen molar-refractivity contribution in [3.8, 4) is 0 Å². The molecule has 5 heteroatoms. The Hall–Kier alpha value is -0.910. The van der Waals surface area contributed by atoms with Crippen molar-refractivity contribution in [2.45, 2.75) is 50.5 Å². The molecule has 0 aromatic heterocycles. The van der Waals surface area contributed by atoms with E-state index in [-0.39, 0.29) is 10.9 Å². The van der Waals surface area contributed by atoms with Gasteiger partial charge in [0.25, 0.3) is 0 Å². The first-order valence-corrected chi connectivity index (χ1v) is 8.36. The fraction of sp³-hybridized carbons (Fsp3) is 0.571. The fourth-order valence-electron chi connectivity index (χ4n) is 1.95. The number of benzene rings is 1. The summed E-state index contributed by atoms with van der Waals surface area (Å²) >= 11 is 0. The first-order chi connectivity index (χ1) is 8.95. The number of sulfonamides is 1. The smallest absolute Gasteiger partial charge is 0.238 e. The molecule has 4 nitrogen and oxygen atoms in total. The Morgan fingerprint density at radius 3 is 2.63 bits per heavy atom. The number of hydrogen-bond donors (Lipinski definition) is 2. The molecule has 0 saturated heterocycles. The molecule has 1 atom stereocenters. The van der Waals surface area contributed by atoms with Crippen molar-refractivity contribution in [3.05, 3.63) is 29.8 Å². The van der Waals surface area contributed by atoms with Gasteiger partial charge in [-0.2, -0.15) is 0 Å². The van der Waals surface area contributed by atoms with Crippen molar-refractivity contribution in [3.63, 3.8) is 0 Å². The normalized spacial score (nSPS) is 13.4. The molecule has 1 unspecified atom stereocenters. The summed E-state index contributed by atoms with van der Waals surface area (Å²) in [5.74, 6) is 0. The third kappa shape index (κ3) is 5.72. The highest BCUT2D eigenvalue weighted by molar-refractivity contribution is 7.89. The summed E-state index contributed by atoms with van der Waals surface area (Å²) in [6, 6.07) is 6.93. The minimum absolute atomic E-state index is 0.128. The maximum Gasteiger partial charge on any atom is 0.238 e. The largest absolute Gasteiger partial charge is 0.310 e. The molecule has 0 fully saturated rings. The lowest BCUT2D eigenvalue weighted by atomic mass is 10.1. The second kappa shape index (κ2) is 7.62. The van der Waals surface area contributed by atoms with Crippen LogP contribution in [0.25, 0.3) is 0 Å². The average Bonchev–Trinajstić information content (AvgIpc) is 2.37. The van der Waals surface area contributed by atoms with Crippen molar-refractivity contribution in [2.75, 3.05) is 6.54 Å². The summed E-state index contributed by atoms with van der Waals surface area (Å²) < 4.78 is 22.6. The van der Waals surface area contributed by atoms with Gasteiger partial charge < -0.3 is 5.32 Å². The number of nitrogens with one attached hydrogen (secondary N) is 1. The third-order valence-electron chi connectivity index (χ3n) is 3.17. The van der Waals surface area contributed by atoms with Crippen LogP contribution in [0.1, 0.15) is 51.1 Å². The van der Waals surface area contributed by atoms with Crippen LogP contribution in [-0.2, 0) is 10.0 Å². The van der Waals surface area contributed by atoms with Crippen LogP contribution in [-0.4, -0.2) is 15.0 Å². The van der Waals surface area contributed by atoms with Crippen molar-refractivity contribution >= 4 is 10.0 Å². The van der Waals surface area contributed by atoms with Gasteiger partial charge >= 0.3 is 0 Å². The zero-order valence-electron chi connectivity index (χ0n) is 11.7. The van der Waals surface area contributed by atoms with E-state index in [2.05, 4.69) is 12.2 Å². The predicted molar refractivity (Wildman–Crippen MR) is 78.4 cm³/mol. The van der Waals surface area contributed by atoms with E-state index in [1.807, 2.05) is 13.0 Å². The monoisotopic (exact) mass is 284 g/mol. The van der Waals surface area contributed by atoms with Crippen LogP contribution < -0.4 is 10.5 Å². The summed E-state index contributed by atoms with van der Waals surface area (Å²) in [7, 11) is -3.62.